The zero-order chi connectivity index (χ0) is 41.9. The quantitative estimate of drug-likeness (QED) is 0.0591. The normalized spacial score (nSPS) is 16.3. The van der Waals surface area contributed by atoms with Crippen molar-refractivity contribution < 1.29 is 43.9 Å². The number of β-amino-alcohol motifs (C(OH)–C–C–N with tert-alkyl or cyclic N) is 1. The van der Waals surface area contributed by atoms with Gasteiger partial charge >= 0.3 is 11.9 Å². The summed E-state index contributed by atoms with van der Waals surface area (Å²) in [6, 6.07) is 19.0. The van der Waals surface area contributed by atoms with E-state index in [9.17, 15) is 30.2 Å². The van der Waals surface area contributed by atoms with Crippen molar-refractivity contribution in [3.05, 3.63) is 105 Å². The first-order valence-electron chi connectivity index (χ1n) is 19.2. The molecule has 58 heavy (non-hydrogen) atoms. The molecule has 2 atom stereocenters. The van der Waals surface area contributed by atoms with Gasteiger partial charge < -0.3 is 39.2 Å². The predicted octanol–water partition coefficient (Wildman–Crippen LogP) is 6.13. The summed E-state index contributed by atoms with van der Waals surface area (Å²) < 4.78 is 23.7. The lowest BCUT2D eigenvalue weighted by molar-refractivity contribution is -0.148. The van der Waals surface area contributed by atoms with E-state index >= 15 is 0 Å². The molecule has 308 valence electrons. The summed E-state index contributed by atoms with van der Waals surface area (Å²) in [6.07, 6.45) is 4.34. The number of aliphatic hydroxyl groups is 2. The number of hydrogen-bond acceptors (Lipinski definition) is 12. The highest BCUT2D eigenvalue weighted by Gasteiger charge is 2.38. The zero-order valence-corrected chi connectivity index (χ0v) is 34.1. The highest BCUT2D eigenvalue weighted by molar-refractivity contribution is 6.32. The van der Waals surface area contributed by atoms with Crippen molar-refractivity contribution in [3.63, 3.8) is 0 Å². The highest BCUT2D eigenvalue weighted by Crippen LogP contribution is 2.37. The van der Waals surface area contributed by atoms with Gasteiger partial charge in [-0.2, -0.15) is 5.26 Å². The number of esters is 1. The number of nitriles is 1. The Morgan fingerprint density at radius 3 is 2.47 bits per heavy atom. The van der Waals surface area contributed by atoms with Crippen LogP contribution in [0.3, 0.4) is 0 Å². The maximum atomic E-state index is 11.9. The predicted molar refractivity (Wildman–Crippen MR) is 218 cm³/mol. The van der Waals surface area contributed by atoms with E-state index in [1.807, 2.05) is 38.1 Å². The van der Waals surface area contributed by atoms with Gasteiger partial charge in [0.05, 0.1) is 42.4 Å². The van der Waals surface area contributed by atoms with Crippen molar-refractivity contribution in [1.29, 1.82) is 5.26 Å². The number of carbonyl (C=O) groups is 2. The van der Waals surface area contributed by atoms with Gasteiger partial charge in [0.25, 0.3) is 0 Å². The Morgan fingerprint density at radius 1 is 1.00 bits per heavy atom. The lowest BCUT2D eigenvalue weighted by Gasteiger charge is -2.25. The van der Waals surface area contributed by atoms with Crippen LogP contribution in [0.4, 0.5) is 0 Å². The molecule has 2 heterocycles. The molecule has 13 nitrogen and oxygen atoms in total. The minimum absolute atomic E-state index is 0.00481. The van der Waals surface area contributed by atoms with Crippen LogP contribution in [0.2, 0.25) is 5.02 Å². The van der Waals surface area contributed by atoms with Crippen LogP contribution < -0.4 is 19.5 Å². The third-order valence-corrected chi connectivity index (χ3v) is 10.7. The van der Waals surface area contributed by atoms with Crippen LogP contribution in [0, 0.1) is 25.2 Å². The summed E-state index contributed by atoms with van der Waals surface area (Å²) in [7, 11) is 0. The Balaban J connectivity index is 1.26. The second-order valence-corrected chi connectivity index (χ2v) is 15.2. The Labute approximate surface area is 344 Å². The van der Waals surface area contributed by atoms with Crippen LogP contribution in [0.15, 0.2) is 67.0 Å². The summed E-state index contributed by atoms with van der Waals surface area (Å²) in [6.45, 7) is 9.52. The number of halogens is 1. The van der Waals surface area contributed by atoms with E-state index in [0.717, 1.165) is 46.5 Å². The first kappa shape index (κ1) is 43.9. The number of aliphatic carboxylic acids is 1. The Morgan fingerprint density at radius 2 is 1.74 bits per heavy atom. The van der Waals surface area contributed by atoms with Crippen LogP contribution in [-0.4, -0.2) is 87.7 Å². The molecule has 14 heteroatoms. The Hall–Kier alpha value is -5.23. The number of hydrogen-bond donors (Lipinski definition) is 4. The van der Waals surface area contributed by atoms with Gasteiger partial charge in [-0.25, -0.2) is 0 Å². The number of likely N-dealkylation sites (tertiary alicyclic amines) is 1. The van der Waals surface area contributed by atoms with Gasteiger partial charge in [-0.05, 0) is 86.6 Å². The molecule has 0 bridgehead atoms. The van der Waals surface area contributed by atoms with Gasteiger partial charge in [-0.3, -0.25) is 19.9 Å². The number of aromatic nitrogens is 1. The van der Waals surface area contributed by atoms with E-state index in [4.69, 9.17) is 30.5 Å². The topological polar surface area (TPSA) is 184 Å². The molecule has 0 radical (unpaired) electrons. The summed E-state index contributed by atoms with van der Waals surface area (Å²) in [4.78, 5) is 30.0. The maximum absolute atomic E-state index is 11.9. The molecular weight excluding hydrogens is 764 g/mol. The first-order valence-corrected chi connectivity index (χ1v) is 19.6. The smallest absolute Gasteiger partial charge is 0.326 e. The van der Waals surface area contributed by atoms with Gasteiger partial charge in [0, 0.05) is 55.8 Å². The largest absolute Gasteiger partial charge is 0.493 e. The maximum Gasteiger partial charge on any atom is 0.326 e. The lowest BCUT2D eigenvalue weighted by Crippen LogP contribution is -2.52. The van der Waals surface area contributed by atoms with E-state index in [0.29, 0.717) is 60.9 Å². The molecule has 4 aromatic rings. The Bertz CT molecular complexity index is 2130. The van der Waals surface area contributed by atoms with Crippen LogP contribution in [0.25, 0.3) is 11.1 Å². The molecule has 0 saturated carbocycles. The monoisotopic (exact) mass is 814 g/mol. The summed E-state index contributed by atoms with van der Waals surface area (Å²) in [5.74, 6) is -0.0865. The van der Waals surface area contributed by atoms with E-state index in [1.165, 1.54) is 13.1 Å². The third-order valence-electron chi connectivity index (χ3n) is 10.4. The number of pyridine rings is 1. The number of carboxylic acid groups (broad SMARTS) is 1. The van der Waals surface area contributed by atoms with Crippen molar-refractivity contribution >= 4 is 23.5 Å². The molecule has 1 aromatic heterocycles. The summed E-state index contributed by atoms with van der Waals surface area (Å²) in [5.41, 5.74) is 3.91. The fourth-order valence-corrected chi connectivity index (χ4v) is 7.05. The number of ether oxygens (including phenoxy) is 4. The summed E-state index contributed by atoms with van der Waals surface area (Å²) in [5, 5.41) is 42.7. The number of carboxylic acids is 1. The number of nitrogens with zero attached hydrogens (tertiary/aromatic N) is 3. The first-order chi connectivity index (χ1) is 27.8. The molecule has 1 unspecified atom stereocenters. The average Bonchev–Trinajstić information content (AvgIpc) is 3.58. The molecule has 4 N–H and O–H groups in total. The molecule has 0 aliphatic carbocycles. The molecule has 1 aliphatic heterocycles. The van der Waals surface area contributed by atoms with E-state index in [1.54, 1.807) is 31.3 Å². The van der Waals surface area contributed by atoms with Crippen LogP contribution in [-0.2, 0) is 34.1 Å². The van der Waals surface area contributed by atoms with Gasteiger partial charge in [-0.15, -0.1) is 0 Å². The molecular formula is C44H51ClN4O9. The van der Waals surface area contributed by atoms with Gasteiger partial charge in [0.15, 0.2) is 0 Å². The van der Waals surface area contributed by atoms with Gasteiger partial charge in [0.1, 0.15) is 42.1 Å². The second kappa shape index (κ2) is 20.0. The molecule has 1 aliphatic rings. The van der Waals surface area contributed by atoms with Gasteiger partial charge in [0.2, 0.25) is 0 Å². The van der Waals surface area contributed by atoms with Crippen LogP contribution >= 0.6 is 11.6 Å². The van der Waals surface area contributed by atoms with E-state index < -0.39 is 23.7 Å². The van der Waals surface area contributed by atoms with E-state index in [-0.39, 0.29) is 37.2 Å². The molecule has 1 saturated heterocycles. The molecule has 0 amide bonds. The minimum atomic E-state index is -1.60. The molecule has 3 aromatic carbocycles. The van der Waals surface area contributed by atoms with Crippen LogP contribution in [0.1, 0.15) is 66.5 Å². The fraction of sp³-hybridized carbons (Fsp3) is 0.409. The SMILES string of the molecule is CCOC(=O)CC1(O)CCN(CCCOc2cccc(-c3cccc(COc4cc(OCc5cncc(C#N)c5)c(CN[C@@](C)(CO)C(=O)O)cc4Cl)c3C)c2C)C1. The molecule has 1 fully saturated rings. The zero-order valence-electron chi connectivity index (χ0n) is 33.3. The second-order valence-electron chi connectivity index (χ2n) is 14.8. The van der Waals surface area contributed by atoms with Crippen LogP contribution in [0.5, 0.6) is 17.2 Å². The highest BCUT2D eigenvalue weighted by atomic mass is 35.5. The number of carbonyl (C=O) groups excluding carboxylic acids is 1. The third kappa shape index (κ3) is 11.2. The van der Waals surface area contributed by atoms with Gasteiger partial charge in [-0.1, -0.05) is 41.9 Å². The fourth-order valence-electron chi connectivity index (χ4n) is 6.81. The number of rotatable bonds is 20. The standard InChI is InChI=1S/C44H51ClN4O9/c1-5-55-41(51)20-44(54)13-15-49(27-44)14-8-16-56-38-12-7-11-36(30(38)3)35-10-6-9-33(29(35)2)26-58-40-19-39(57-25-32-17-31(21-46)22-47-23-32)34(18-37(40)45)24-48-43(4,28-50)42(52)53/h6-7,9-12,17-19,22-23,48,50,54H,5,8,13-16,20,24-28H2,1-4H3,(H,52,53)/t43-,44?/m0/s1. The molecule has 5 rings (SSSR count). The summed E-state index contributed by atoms with van der Waals surface area (Å²) >= 11 is 6.74. The number of nitrogens with one attached hydrogen (secondary N) is 1. The van der Waals surface area contributed by atoms with Crippen molar-refractivity contribution in [1.82, 2.24) is 15.2 Å². The lowest BCUT2D eigenvalue weighted by atomic mass is 9.93. The number of aliphatic hydroxyl groups excluding tert-OH is 1. The van der Waals surface area contributed by atoms with Crippen molar-refractivity contribution in [2.24, 2.45) is 0 Å². The molecule has 0 spiro atoms. The Kier molecular flexibility index (Phi) is 15.1. The van der Waals surface area contributed by atoms with E-state index in [2.05, 4.69) is 33.4 Å². The van der Waals surface area contributed by atoms with Crippen molar-refractivity contribution in [3.8, 4) is 34.4 Å². The minimum Gasteiger partial charge on any atom is -0.493 e. The van der Waals surface area contributed by atoms with Crippen molar-refractivity contribution in [2.45, 2.75) is 77.9 Å². The number of benzene rings is 3. The average molecular weight is 815 g/mol. The van der Waals surface area contributed by atoms with Crippen molar-refractivity contribution in [2.75, 3.05) is 39.5 Å².